The molecule has 11 heavy (non-hydrogen) atoms. The van der Waals surface area contributed by atoms with Gasteiger partial charge >= 0.3 is 5.97 Å². The van der Waals surface area contributed by atoms with Crippen LogP contribution in [0.25, 0.3) is 0 Å². The normalized spacial score (nSPS) is 9.64. The summed E-state index contributed by atoms with van der Waals surface area (Å²) in [5.74, 6) is -0.983. The van der Waals surface area contributed by atoms with Gasteiger partial charge in [-0.05, 0) is 19.9 Å². The number of carboxylic acid groups (broad SMARTS) is 1. The summed E-state index contributed by atoms with van der Waals surface area (Å²) in [7, 11) is 0. The smallest absolute Gasteiger partial charge is 0.335 e. The summed E-state index contributed by atoms with van der Waals surface area (Å²) < 4.78 is 0. The number of carboxylic acids is 1. The molecule has 0 bridgehead atoms. The summed E-state index contributed by atoms with van der Waals surface area (Å²) in [6, 6.07) is 0. The van der Waals surface area contributed by atoms with Crippen molar-refractivity contribution in [1.29, 1.82) is 0 Å². The molecule has 60 valence electrons. The molecule has 0 fully saturated rings. The average molecular weight is 152 g/mol. The van der Waals surface area contributed by atoms with E-state index in [1.54, 1.807) is 6.08 Å². The van der Waals surface area contributed by atoms with Crippen molar-refractivity contribution in [3.05, 3.63) is 36.0 Å². The van der Waals surface area contributed by atoms with Crippen molar-refractivity contribution in [1.82, 2.24) is 0 Å². The largest absolute Gasteiger partial charge is 0.478 e. The van der Waals surface area contributed by atoms with Crippen LogP contribution in [-0.2, 0) is 4.79 Å². The maximum absolute atomic E-state index is 10.2. The van der Waals surface area contributed by atoms with Crippen LogP contribution < -0.4 is 0 Å². The van der Waals surface area contributed by atoms with Gasteiger partial charge in [0, 0.05) is 0 Å². The molecule has 0 aromatic carbocycles. The SMILES string of the molecule is C=C(/C=C\C=C(C)C)C(=O)O. The highest BCUT2D eigenvalue weighted by Gasteiger charge is 1.95. The second kappa shape index (κ2) is 4.50. The summed E-state index contributed by atoms with van der Waals surface area (Å²) in [6.45, 7) is 7.21. The van der Waals surface area contributed by atoms with Gasteiger partial charge in [0.05, 0.1) is 5.57 Å². The second-order valence-electron chi connectivity index (χ2n) is 2.43. The van der Waals surface area contributed by atoms with Crippen LogP contribution in [0.15, 0.2) is 36.0 Å². The Kier molecular flexibility index (Phi) is 3.96. The number of carbonyl (C=O) groups is 1. The van der Waals surface area contributed by atoms with Gasteiger partial charge in [-0.3, -0.25) is 0 Å². The molecule has 0 saturated carbocycles. The number of rotatable bonds is 3. The van der Waals surface area contributed by atoms with Crippen LogP contribution in [0, 0.1) is 0 Å². The number of aliphatic carboxylic acids is 1. The number of hydrogen-bond donors (Lipinski definition) is 1. The van der Waals surface area contributed by atoms with E-state index in [0.717, 1.165) is 5.57 Å². The van der Waals surface area contributed by atoms with Crippen LogP contribution in [0.4, 0.5) is 0 Å². The molecule has 0 amide bonds. The highest BCUT2D eigenvalue weighted by molar-refractivity contribution is 5.88. The number of hydrogen-bond acceptors (Lipinski definition) is 1. The van der Waals surface area contributed by atoms with E-state index < -0.39 is 5.97 Å². The molecule has 1 N–H and O–H groups in total. The Morgan fingerprint density at radius 1 is 1.45 bits per heavy atom. The van der Waals surface area contributed by atoms with Crippen LogP contribution in [0.5, 0.6) is 0 Å². The quantitative estimate of drug-likeness (QED) is 0.497. The molecule has 2 nitrogen and oxygen atoms in total. The first-order chi connectivity index (χ1) is 5.04. The topological polar surface area (TPSA) is 37.3 Å². The van der Waals surface area contributed by atoms with E-state index in [1.165, 1.54) is 6.08 Å². The Morgan fingerprint density at radius 3 is 2.36 bits per heavy atom. The van der Waals surface area contributed by atoms with Gasteiger partial charge in [0.1, 0.15) is 0 Å². The third-order valence-corrected chi connectivity index (χ3v) is 1.00. The lowest BCUT2D eigenvalue weighted by Crippen LogP contribution is -1.94. The first-order valence-corrected chi connectivity index (χ1v) is 3.28. The molecule has 0 aliphatic heterocycles. The van der Waals surface area contributed by atoms with E-state index in [4.69, 9.17) is 5.11 Å². The molecule has 0 aliphatic carbocycles. The molecule has 0 spiro atoms. The van der Waals surface area contributed by atoms with Gasteiger partial charge in [0.2, 0.25) is 0 Å². The first-order valence-electron chi connectivity index (χ1n) is 3.28. The fourth-order valence-corrected chi connectivity index (χ4v) is 0.428. The number of allylic oxidation sites excluding steroid dienone is 3. The van der Waals surface area contributed by atoms with Crippen LogP contribution in [0.3, 0.4) is 0 Å². The van der Waals surface area contributed by atoms with Gasteiger partial charge in [-0.15, -0.1) is 0 Å². The fraction of sp³-hybridized carbons (Fsp3) is 0.222. The van der Waals surface area contributed by atoms with E-state index >= 15 is 0 Å². The lowest BCUT2D eigenvalue weighted by atomic mass is 10.2. The minimum Gasteiger partial charge on any atom is -0.478 e. The van der Waals surface area contributed by atoms with Gasteiger partial charge in [-0.1, -0.05) is 24.3 Å². The molecule has 0 aromatic heterocycles. The zero-order chi connectivity index (χ0) is 8.85. The summed E-state index contributed by atoms with van der Waals surface area (Å²) >= 11 is 0. The van der Waals surface area contributed by atoms with E-state index in [-0.39, 0.29) is 5.57 Å². The maximum atomic E-state index is 10.2. The van der Waals surface area contributed by atoms with Gasteiger partial charge < -0.3 is 5.11 Å². The highest BCUT2D eigenvalue weighted by Crippen LogP contribution is 1.95. The summed E-state index contributed by atoms with van der Waals surface area (Å²) in [6.07, 6.45) is 4.97. The fourth-order valence-electron chi connectivity index (χ4n) is 0.428. The Morgan fingerprint density at radius 2 is 2.00 bits per heavy atom. The van der Waals surface area contributed by atoms with Crippen molar-refractivity contribution >= 4 is 5.97 Å². The van der Waals surface area contributed by atoms with E-state index in [0.29, 0.717) is 0 Å². The predicted octanol–water partition coefficient (Wildman–Crippen LogP) is 2.15. The molecule has 0 saturated heterocycles. The minimum atomic E-state index is -0.983. The summed E-state index contributed by atoms with van der Waals surface area (Å²) in [4.78, 5) is 10.2. The van der Waals surface area contributed by atoms with Crippen LogP contribution in [0.1, 0.15) is 13.8 Å². The highest BCUT2D eigenvalue weighted by atomic mass is 16.4. The van der Waals surface area contributed by atoms with Crippen LogP contribution in [0.2, 0.25) is 0 Å². The maximum Gasteiger partial charge on any atom is 0.335 e. The third kappa shape index (κ3) is 5.15. The molecule has 0 radical (unpaired) electrons. The van der Waals surface area contributed by atoms with Crippen molar-refractivity contribution in [2.45, 2.75) is 13.8 Å². The third-order valence-electron chi connectivity index (χ3n) is 1.00. The van der Waals surface area contributed by atoms with Gasteiger partial charge in [-0.2, -0.15) is 0 Å². The second-order valence-corrected chi connectivity index (χ2v) is 2.43. The van der Waals surface area contributed by atoms with Crippen LogP contribution >= 0.6 is 0 Å². The molecule has 0 heterocycles. The van der Waals surface area contributed by atoms with E-state index in [2.05, 4.69) is 6.58 Å². The minimum absolute atomic E-state index is 0.0995. The summed E-state index contributed by atoms with van der Waals surface area (Å²) in [5.41, 5.74) is 1.22. The molecule has 2 heteroatoms. The molecule has 0 atom stereocenters. The van der Waals surface area contributed by atoms with Crippen molar-refractivity contribution in [3.8, 4) is 0 Å². The van der Waals surface area contributed by atoms with Crippen molar-refractivity contribution in [3.63, 3.8) is 0 Å². The molecule has 0 rings (SSSR count). The Balaban J connectivity index is 4.05. The van der Waals surface area contributed by atoms with Crippen molar-refractivity contribution < 1.29 is 9.90 Å². The first kappa shape index (κ1) is 9.69. The zero-order valence-electron chi connectivity index (χ0n) is 6.79. The average Bonchev–Trinajstić information content (AvgIpc) is 1.86. The summed E-state index contributed by atoms with van der Waals surface area (Å²) in [5, 5.41) is 8.38. The molecule has 0 aromatic rings. The Bertz CT molecular complexity index is 218. The predicted molar refractivity (Wildman–Crippen MR) is 45.3 cm³/mol. The lowest BCUT2D eigenvalue weighted by Gasteiger charge is -1.87. The monoisotopic (exact) mass is 152 g/mol. The zero-order valence-corrected chi connectivity index (χ0v) is 6.79. The van der Waals surface area contributed by atoms with E-state index in [9.17, 15) is 4.79 Å². The van der Waals surface area contributed by atoms with Gasteiger partial charge in [0.15, 0.2) is 0 Å². The van der Waals surface area contributed by atoms with Crippen molar-refractivity contribution in [2.75, 3.05) is 0 Å². The standard InChI is InChI=1S/C9H12O2/c1-7(2)5-4-6-8(3)9(10)11/h4-6H,3H2,1-2H3,(H,10,11)/b6-4-. The molecule has 0 unspecified atom stereocenters. The Labute approximate surface area is 66.5 Å². The molecule has 0 aliphatic rings. The molecular weight excluding hydrogens is 140 g/mol. The van der Waals surface area contributed by atoms with E-state index in [1.807, 2.05) is 19.9 Å². The lowest BCUT2D eigenvalue weighted by molar-refractivity contribution is -0.132. The van der Waals surface area contributed by atoms with Gasteiger partial charge in [-0.25, -0.2) is 4.79 Å². The van der Waals surface area contributed by atoms with Crippen molar-refractivity contribution in [2.24, 2.45) is 0 Å². The Hall–Kier alpha value is -1.31. The van der Waals surface area contributed by atoms with Gasteiger partial charge in [0.25, 0.3) is 0 Å². The molecular formula is C9H12O2. The van der Waals surface area contributed by atoms with Crippen LogP contribution in [-0.4, -0.2) is 11.1 Å².